The maximum Gasteiger partial charge on any atom is 0.141 e. The van der Waals surface area contributed by atoms with Crippen LogP contribution in [0.5, 0.6) is 0 Å². The van der Waals surface area contributed by atoms with Crippen LogP contribution < -0.4 is 0 Å². The van der Waals surface area contributed by atoms with Gasteiger partial charge in [-0.2, -0.15) is 0 Å². The van der Waals surface area contributed by atoms with Crippen LogP contribution in [0.1, 0.15) is 23.8 Å². The highest BCUT2D eigenvalue weighted by Crippen LogP contribution is 2.26. The number of likely N-dealkylation sites (tertiary alicyclic amines) is 1. The van der Waals surface area contributed by atoms with Crippen LogP contribution in [0.4, 0.5) is 0 Å². The van der Waals surface area contributed by atoms with Gasteiger partial charge in [0.25, 0.3) is 0 Å². The molecule has 0 unspecified atom stereocenters. The van der Waals surface area contributed by atoms with Crippen molar-refractivity contribution in [3.63, 3.8) is 0 Å². The molecule has 0 amide bonds. The Hall–Kier alpha value is -0.830. The Balaban J connectivity index is 2.11. The molecule has 2 heterocycles. The standard InChI is InChI=1S/C9H14N2O/c1-7-5-9(12-10-7)8-3-4-11(2)6-8/h5,8H,3-4,6H2,1-2H3/t8-/m0/s1. The van der Waals surface area contributed by atoms with Crippen molar-refractivity contribution >= 4 is 0 Å². The van der Waals surface area contributed by atoms with E-state index in [2.05, 4.69) is 17.1 Å². The van der Waals surface area contributed by atoms with Crippen molar-refractivity contribution in [3.05, 3.63) is 17.5 Å². The van der Waals surface area contributed by atoms with Gasteiger partial charge in [-0.3, -0.25) is 0 Å². The van der Waals surface area contributed by atoms with E-state index in [1.807, 2.05) is 13.0 Å². The van der Waals surface area contributed by atoms with Crippen molar-refractivity contribution in [1.82, 2.24) is 10.1 Å². The van der Waals surface area contributed by atoms with E-state index < -0.39 is 0 Å². The van der Waals surface area contributed by atoms with Crippen LogP contribution in [0, 0.1) is 6.92 Å². The second-order valence-corrected chi connectivity index (χ2v) is 3.62. The minimum Gasteiger partial charge on any atom is -0.361 e. The van der Waals surface area contributed by atoms with E-state index in [-0.39, 0.29) is 0 Å². The fraction of sp³-hybridized carbons (Fsp3) is 0.667. The number of likely N-dealkylation sites (N-methyl/N-ethyl adjacent to an activating group) is 1. The molecule has 1 saturated heterocycles. The lowest BCUT2D eigenvalue weighted by Gasteiger charge is -2.05. The molecule has 1 atom stereocenters. The summed E-state index contributed by atoms with van der Waals surface area (Å²) < 4.78 is 5.22. The second kappa shape index (κ2) is 2.90. The molecule has 1 aromatic heterocycles. The van der Waals surface area contributed by atoms with Crippen LogP contribution in [0.15, 0.2) is 10.6 Å². The second-order valence-electron chi connectivity index (χ2n) is 3.62. The number of aryl methyl sites for hydroxylation is 1. The quantitative estimate of drug-likeness (QED) is 0.631. The molecule has 1 aliphatic rings. The van der Waals surface area contributed by atoms with Crippen LogP contribution in [0.25, 0.3) is 0 Å². The maximum atomic E-state index is 5.22. The molecule has 66 valence electrons. The summed E-state index contributed by atoms with van der Waals surface area (Å²) >= 11 is 0. The molecule has 3 heteroatoms. The first-order chi connectivity index (χ1) is 5.75. The highest BCUT2D eigenvalue weighted by atomic mass is 16.5. The lowest BCUT2D eigenvalue weighted by Crippen LogP contribution is -2.13. The van der Waals surface area contributed by atoms with Gasteiger partial charge in [0, 0.05) is 18.5 Å². The molecule has 1 fully saturated rings. The molecule has 0 aromatic carbocycles. The van der Waals surface area contributed by atoms with Gasteiger partial charge in [0.15, 0.2) is 0 Å². The molecule has 12 heavy (non-hydrogen) atoms. The summed E-state index contributed by atoms with van der Waals surface area (Å²) in [5.74, 6) is 1.62. The topological polar surface area (TPSA) is 29.3 Å². The smallest absolute Gasteiger partial charge is 0.141 e. The summed E-state index contributed by atoms with van der Waals surface area (Å²) in [5, 5.41) is 3.89. The minimum atomic E-state index is 0.566. The molecule has 0 spiro atoms. The molecule has 1 aromatic rings. The molecule has 1 aliphatic heterocycles. The maximum absolute atomic E-state index is 5.22. The lowest BCUT2D eigenvalue weighted by molar-refractivity contribution is 0.348. The fourth-order valence-corrected chi connectivity index (χ4v) is 1.74. The molecule has 3 nitrogen and oxygen atoms in total. The van der Waals surface area contributed by atoms with Crippen molar-refractivity contribution in [2.75, 3.05) is 20.1 Å². The normalized spacial score (nSPS) is 25.0. The van der Waals surface area contributed by atoms with Gasteiger partial charge in [-0.05, 0) is 26.9 Å². The van der Waals surface area contributed by atoms with Gasteiger partial charge in [0.05, 0.1) is 5.69 Å². The first-order valence-electron chi connectivity index (χ1n) is 4.37. The average molecular weight is 166 g/mol. The molecule has 0 aliphatic carbocycles. The fourth-order valence-electron chi connectivity index (χ4n) is 1.74. The van der Waals surface area contributed by atoms with Crippen LogP contribution in [0.3, 0.4) is 0 Å². The van der Waals surface area contributed by atoms with Crippen molar-refractivity contribution < 1.29 is 4.52 Å². The van der Waals surface area contributed by atoms with E-state index in [1.54, 1.807) is 0 Å². The van der Waals surface area contributed by atoms with Crippen LogP contribution >= 0.6 is 0 Å². The zero-order chi connectivity index (χ0) is 8.55. The van der Waals surface area contributed by atoms with Crippen molar-refractivity contribution in [3.8, 4) is 0 Å². The van der Waals surface area contributed by atoms with Crippen LogP contribution in [-0.2, 0) is 0 Å². The Labute approximate surface area is 72.3 Å². The molecule has 2 rings (SSSR count). The Morgan fingerprint density at radius 2 is 2.50 bits per heavy atom. The highest BCUT2D eigenvalue weighted by molar-refractivity contribution is 5.10. The molecule has 0 bridgehead atoms. The average Bonchev–Trinajstić information content (AvgIpc) is 2.58. The molecule has 0 radical (unpaired) electrons. The van der Waals surface area contributed by atoms with E-state index in [1.165, 1.54) is 13.0 Å². The van der Waals surface area contributed by atoms with E-state index in [9.17, 15) is 0 Å². The van der Waals surface area contributed by atoms with Gasteiger partial charge in [-0.25, -0.2) is 0 Å². The third-order valence-electron chi connectivity index (χ3n) is 2.44. The number of hydrogen-bond donors (Lipinski definition) is 0. The van der Waals surface area contributed by atoms with Gasteiger partial charge in [0.1, 0.15) is 5.76 Å². The summed E-state index contributed by atoms with van der Waals surface area (Å²) in [5.41, 5.74) is 0.986. The first-order valence-corrected chi connectivity index (χ1v) is 4.37. The van der Waals surface area contributed by atoms with Crippen LogP contribution in [-0.4, -0.2) is 30.2 Å². The van der Waals surface area contributed by atoms with Gasteiger partial charge in [-0.1, -0.05) is 5.16 Å². The Morgan fingerprint density at radius 3 is 3.00 bits per heavy atom. The van der Waals surface area contributed by atoms with E-state index in [0.717, 1.165) is 18.0 Å². The Morgan fingerprint density at radius 1 is 1.67 bits per heavy atom. The molecular weight excluding hydrogens is 152 g/mol. The zero-order valence-electron chi connectivity index (χ0n) is 7.58. The number of nitrogens with zero attached hydrogens (tertiary/aromatic N) is 2. The van der Waals surface area contributed by atoms with Crippen molar-refractivity contribution in [2.24, 2.45) is 0 Å². The summed E-state index contributed by atoms with van der Waals surface area (Å²) in [4.78, 5) is 2.32. The minimum absolute atomic E-state index is 0.566. The van der Waals surface area contributed by atoms with Crippen molar-refractivity contribution in [2.45, 2.75) is 19.3 Å². The summed E-state index contributed by atoms with van der Waals surface area (Å²) in [6.07, 6.45) is 1.20. The van der Waals surface area contributed by atoms with E-state index in [0.29, 0.717) is 5.92 Å². The van der Waals surface area contributed by atoms with Gasteiger partial charge in [0.2, 0.25) is 0 Å². The van der Waals surface area contributed by atoms with Gasteiger partial charge in [-0.15, -0.1) is 0 Å². The predicted molar refractivity (Wildman–Crippen MR) is 46.1 cm³/mol. The largest absolute Gasteiger partial charge is 0.361 e. The van der Waals surface area contributed by atoms with Crippen LogP contribution in [0.2, 0.25) is 0 Å². The number of hydrogen-bond acceptors (Lipinski definition) is 3. The first kappa shape index (κ1) is 7.80. The Bertz CT molecular complexity index is 269. The predicted octanol–water partition coefficient (Wildman–Crippen LogP) is 1.40. The third-order valence-corrected chi connectivity index (χ3v) is 2.44. The number of aromatic nitrogens is 1. The monoisotopic (exact) mass is 166 g/mol. The highest BCUT2D eigenvalue weighted by Gasteiger charge is 2.24. The third kappa shape index (κ3) is 1.37. The molecular formula is C9H14N2O. The lowest BCUT2D eigenvalue weighted by atomic mass is 10.1. The number of rotatable bonds is 1. The zero-order valence-corrected chi connectivity index (χ0v) is 7.58. The Kier molecular flexibility index (Phi) is 1.89. The van der Waals surface area contributed by atoms with E-state index in [4.69, 9.17) is 4.52 Å². The van der Waals surface area contributed by atoms with Gasteiger partial charge < -0.3 is 9.42 Å². The SMILES string of the molecule is Cc1cc([C@H]2CCN(C)C2)on1. The summed E-state index contributed by atoms with van der Waals surface area (Å²) in [6.45, 7) is 4.24. The van der Waals surface area contributed by atoms with Crippen molar-refractivity contribution in [1.29, 1.82) is 0 Å². The van der Waals surface area contributed by atoms with E-state index >= 15 is 0 Å². The van der Waals surface area contributed by atoms with Gasteiger partial charge >= 0.3 is 0 Å². The molecule has 0 saturated carbocycles. The molecule has 0 N–H and O–H groups in total. The summed E-state index contributed by atoms with van der Waals surface area (Å²) in [7, 11) is 2.14. The summed E-state index contributed by atoms with van der Waals surface area (Å²) in [6, 6.07) is 2.05.